The number of amides is 2. The molecule has 0 atom stereocenters. The van der Waals surface area contributed by atoms with Crippen molar-refractivity contribution in [1.29, 1.82) is 0 Å². The van der Waals surface area contributed by atoms with Gasteiger partial charge in [0.1, 0.15) is 5.69 Å². The monoisotopic (exact) mass is 373 g/mol. The van der Waals surface area contributed by atoms with Crippen molar-refractivity contribution in [2.75, 3.05) is 31.6 Å². The van der Waals surface area contributed by atoms with Crippen molar-refractivity contribution in [3.63, 3.8) is 0 Å². The van der Waals surface area contributed by atoms with E-state index in [1.807, 2.05) is 6.92 Å². The highest BCUT2D eigenvalue weighted by Gasteiger charge is 2.26. The number of aryl methyl sites for hydroxylation is 1. The summed E-state index contributed by atoms with van der Waals surface area (Å²) in [5, 5.41) is 17.7. The number of aromatic nitrogens is 2. The summed E-state index contributed by atoms with van der Waals surface area (Å²) in [6, 6.07) is 5.39. The number of anilines is 1. The van der Waals surface area contributed by atoms with Gasteiger partial charge in [-0.15, -0.1) is 0 Å². The van der Waals surface area contributed by atoms with Gasteiger partial charge in [-0.1, -0.05) is 6.07 Å². The number of morpholine rings is 1. The number of benzene rings is 1. The van der Waals surface area contributed by atoms with E-state index in [-0.39, 0.29) is 28.5 Å². The number of hydrogen-bond donors (Lipinski definition) is 1. The normalized spacial score (nSPS) is 14.0. The third-order valence-electron chi connectivity index (χ3n) is 4.21. The fourth-order valence-electron chi connectivity index (χ4n) is 2.81. The van der Waals surface area contributed by atoms with Gasteiger partial charge in [0.2, 0.25) is 0 Å². The highest BCUT2D eigenvalue weighted by molar-refractivity contribution is 6.08. The van der Waals surface area contributed by atoms with E-state index in [0.717, 1.165) is 0 Å². The maximum Gasteiger partial charge on any atom is 0.274 e. The molecule has 0 saturated carbocycles. The number of rotatable bonds is 5. The summed E-state index contributed by atoms with van der Waals surface area (Å²) in [6.45, 7) is 4.15. The smallest absolute Gasteiger partial charge is 0.274 e. The van der Waals surface area contributed by atoms with Crippen LogP contribution in [0.1, 0.15) is 27.8 Å². The van der Waals surface area contributed by atoms with Crippen molar-refractivity contribution in [1.82, 2.24) is 14.7 Å². The molecule has 10 heteroatoms. The zero-order valence-electron chi connectivity index (χ0n) is 14.8. The Labute approximate surface area is 154 Å². The Morgan fingerprint density at radius 1 is 1.33 bits per heavy atom. The molecule has 1 aliphatic rings. The largest absolute Gasteiger partial charge is 0.378 e. The molecule has 0 unspecified atom stereocenters. The molecular weight excluding hydrogens is 354 g/mol. The Kier molecular flexibility index (Phi) is 5.46. The second-order valence-corrected chi connectivity index (χ2v) is 5.89. The summed E-state index contributed by atoms with van der Waals surface area (Å²) < 4.78 is 6.78. The van der Waals surface area contributed by atoms with Gasteiger partial charge in [-0.3, -0.25) is 24.4 Å². The molecule has 0 aliphatic carbocycles. The number of nitro groups is 1. The predicted octanol–water partition coefficient (Wildman–Crippen LogP) is 1.54. The molecule has 3 rings (SSSR count). The Morgan fingerprint density at radius 2 is 2.07 bits per heavy atom. The molecule has 0 radical (unpaired) electrons. The van der Waals surface area contributed by atoms with E-state index in [1.54, 1.807) is 4.90 Å². The molecule has 1 aromatic heterocycles. The molecule has 0 spiro atoms. The van der Waals surface area contributed by atoms with E-state index < -0.39 is 10.8 Å². The highest BCUT2D eigenvalue weighted by Crippen LogP contribution is 2.20. The van der Waals surface area contributed by atoms with Crippen LogP contribution in [0, 0.1) is 10.1 Å². The molecule has 2 heterocycles. The summed E-state index contributed by atoms with van der Waals surface area (Å²) in [5.74, 6) is -0.794. The van der Waals surface area contributed by atoms with E-state index in [9.17, 15) is 19.7 Å². The van der Waals surface area contributed by atoms with Gasteiger partial charge in [-0.2, -0.15) is 5.10 Å². The number of nitrogens with zero attached hydrogens (tertiary/aromatic N) is 4. The summed E-state index contributed by atoms with van der Waals surface area (Å²) in [5.41, 5.74) is 0.484. The summed E-state index contributed by atoms with van der Waals surface area (Å²) in [4.78, 5) is 37.4. The van der Waals surface area contributed by atoms with E-state index in [4.69, 9.17) is 4.74 Å². The van der Waals surface area contributed by atoms with Gasteiger partial charge in [0.25, 0.3) is 17.5 Å². The predicted molar refractivity (Wildman–Crippen MR) is 95.7 cm³/mol. The fraction of sp³-hybridized carbons (Fsp3) is 0.353. The van der Waals surface area contributed by atoms with Crippen molar-refractivity contribution in [2.24, 2.45) is 0 Å². The molecule has 1 N–H and O–H groups in total. The fourth-order valence-corrected chi connectivity index (χ4v) is 2.81. The van der Waals surface area contributed by atoms with Crippen molar-refractivity contribution in [2.45, 2.75) is 13.5 Å². The molecule has 1 fully saturated rings. The molecule has 2 aromatic rings. The number of hydrogen-bond acceptors (Lipinski definition) is 6. The summed E-state index contributed by atoms with van der Waals surface area (Å²) >= 11 is 0. The Balaban J connectivity index is 1.85. The van der Waals surface area contributed by atoms with Crippen molar-refractivity contribution in [3.8, 4) is 0 Å². The van der Waals surface area contributed by atoms with Crippen LogP contribution < -0.4 is 5.32 Å². The maximum atomic E-state index is 12.9. The molecule has 142 valence electrons. The first-order chi connectivity index (χ1) is 13.0. The third-order valence-corrected chi connectivity index (χ3v) is 4.21. The van der Waals surface area contributed by atoms with Crippen LogP contribution in [0.15, 0.2) is 30.5 Å². The van der Waals surface area contributed by atoms with Gasteiger partial charge in [0, 0.05) is 37.3 Å². The number of nitrogens with one attached hydrogen (secondary N) is 1. The van der Waals surface area contributed by atoms with Crippen molar-refractivity contribution < 1.29 is 19.2 Å². The zero-order valence-corrected chi connectivity index (χ0v) is 14.8. The molecule has 0 bridgehead atoms. The topological polar surface area (TPSA) is 120 Å². The standard InChI is InChI=1S/C17H19N5O5/c1-2-21-15(17(24)20-6-8-27-9-7-20)14(11-18-21)19-16(23)12-4-3-5-13(10-12)22(25)26/h3-5,10-11H,2,6-9H2,1H3,(H,19,23). The van der Waals surface area contributed by atoms with Crippen molar-refractivity contribution in [3.05, 3.63) is 51.8 Å². The van der Waals surface area contributed by atoms with Crippen LogP contribution in [-0.4, -0.2) is 57.7 Å². The second-order valence-electron chi connectivity index (χ2n) is 5.89. The second kappa shape index (κ2) is 7.96. The van der Waals surface area contributed by atoms with Gasteiger partial charge >= 0.3 is 0 Å². The van der Waals surface area contributed by atoms with Crippen LogP contribution in [0.3, 0.4) is 0 Å². The number of carbonyl (C=O) groups is 2. The van der Waals surface area contributed by atoms with E-state index in [1.165, 1.54) is 35.1 Å². The first-order valence-corrected chi connectivity index (χ1v) is 8.50. The molecule has 1 saturated heterocycles. The van der Waals surface area contributed by atoms with Crippen molar-refractivity contribution >= 4 is 23.2 Å². The van der Waals surface area contributed by atoms with E-state index in [2.05, 4.69) is 10.4 Å². The van der Waals surface area contributed by atoms with Crippen LogP contribution in [-0.2, 0) is 11.3 Å². The van der Waals surface area contributed by atoms with Crippen LogP contribution >= 0.6 is 0 Å². The highest BCUT2D eigenvalue weighted by atomic mass is 16.6. The molecular formula is C17H19N5O5. The van der Waals surface area contributed by atoms with Crippen LogP contribution in [0.25, 0.3) is 0 Å². The maximum absolute atomic E-state index is 12.9. The molecule has 1 aromatic carbocycles. The van der Waals surface area contributed by atoms with Gasteiger partial charge in [0.05, 0.1) is 30.0 Å². The van der Waals surface area contributed by atoms with Gasteiger partial charge in [-0.25, -0.2) is 0 Å². The Morgan fingerprint density at radius 3 is 2.74 bits per heavy atom. The number of ether oxygens (including phenoxy) is 1. The zero-order chi connectivity index (χ0) is 19.4. The van der Waals surface area contributed by atoms with Crippen LogP contribution in [0.4, 0.5) is 11.4 Å². The van der Waals surface area contributed by atoms with Gasteiger partial charge in [0.15, 0.2) is 0 Å². The van der Waals surface area contributed by atoms with E-state index in [0.29, 0.717) is 32.8 Å². The first-order valence-electron chi connectivity index (χ1n) is 8.50. The Bertz CT molecular complexity index is 872. The van der Waals surface area contributed by atoms with Crippen LogP contribution in [0.5, 0.6) is 0 Å². The summed E-state index contributed by atoms with van der Waals surface area (Å²) in [6.07, 6.45) is 1.41. The van der Waals surface area contributed by atoms with Gasteiger partial charge < -0.3 is 15.0 Å². The molecule has 27 heavy (non-hydrogen) atoms. The molecule has 2 amide bonds. The lowest BCUT2D eigenvalue weighted by Gasteiger charge is -2.27. The minimum atomic E-state index is -0.570. The molecule has 1 aliphatic heterocycles. The SMILES string of the molecule is CCn1ncc(NC(=O)c2cccc([N+](=O)[O-])c2)c1C(=O)N1CCOCC1. The third kappa shape index (κ3) is 3.95. The summed E-state index contributed by atoms with van der Waals surface area (Å²) in [7, 11) is 0. The number of carbonyl (C=O) groups excluding carboxylic acids is 2. The minimum Gasteiger partial charge on any atom is -0.378 e. The Hall–Kier alpha value is -3.27. The lowest BCUT2D eigenvalue weighted by Crippen LogP contribution is -2.41. The van der Waals surface area contributed by atoms with E-state index >= 15 is 0 Å². The molecule has 10 nitrogen and oxygen atoms in total. The van der Waals surface area contributed by atoms with Crippen LogP contribution in [0.2, 0.25) is 0 Å². The number of nitro benzene ring substituents is 1. The number of non-ortho nitro benzene ring substituents is 1. The average Bonchev–Trinajstić information content (AvgIpc) is 3.10. The van der Waals surface area contributed by atoms with Gasteiger partial charge in [-0.05, 0) is 13.0 Å². The lowest BCUT2D eigenvalue weighted by atomic mass is 10.2. The minimum absolute atomic E-state index is 0.123. The average molecular weight is 373 g/mol. The first kappa shape index (κ1) is 18.5. The lowest BCUT2D eigenvalue weighted by molar-refractivity contribution is -0.384. The quantitative estimate of drug-likeness (QED) is 0.627.